The minimum Gasteiger partial charge on any atom is -0.506 e. The number of aromatic nitrogens is 1. The van der Waals surface area contributed by atoms with Crippen molar-refractivity contribution in [2.75, 3.05) is 5.32 Å². The average Bonchev–Trinajstić information content (AvgIpc) is 2.34. The summed E-state index contributed by atoms with van der Waals surface area (Å²) in [6, 6.07) is 9.70. The molecule has 0 atom stereocenters. The van der Waals surface area contributed by atoms with E-state index in [2.05, 4.69) is 10.3 Å². The average molecular weight is 263 g/mol. The number of aryl methyl sites for hydroxylation is 1. The molecule has 0 fully saturated rings. The van der Waals surface area contributed by atoms with Crippen LogP contribution in [0.5, 0.6) is 5.75 Å². The number of carbonyl (C=O) groups is 1. The Morgan fingerprint density at radius 3 is 2.78 bits per heavy atom. The Bertz CT molecular complexity index is 599. The summed E-state index contributed by atoms with van der Waals surface area (Å²) >= 11 is 5.68. The number of amides is 1. The van der Waals surface area contributed by atoms with Gasteiger partial charge in [-0.2, -0.15) is 0 Å². The highest BCUT2D eigenvalue weighted by Crippen LogP contribution is 2.26. The number of phenols is 1. The van der Waals surface area contributed by atoms with E-state index in [1.165, 1.54) is 12.1 Å². The molecule has 2 aromatic rings. The van der Waals surface area contributed by atoms with Crippen molar-refractivity contribution in [2.24, 2.45) is 0 Å². The quantitative estimate of drug-likeness (QED) is 0.875. The Labute approximate surface area is 109 Å². The molecule has 18 heavy (non-hydrogen) atoms. The summed E-state index contributed by atoms with van der Waals surface area (Å²) < 4.78 is 0. The van der Waals surface area contributed by atoms with Crippen LogP contribution in [0, 0.1) is 6.92 Å². The number of nitrogens with zero attached hydrogens (tertiary/aromatic N) is 1. The van der Waals surface area contributed by atoms with Gasteiger partial charge in [-0.05, 0) is 31.2 Å². The first-order chi connectivity index (χ1) is 8.56. The third-order valence-corrected chi connectivity index (χ3v) is 2.64. The van der Waals surface area contributed by atoms with Crippen LogP contribution in [0.4, 0.5) is 5.69 Å². The van der Waals surface area contributed by atoms with Crippen LogP contribution in [-0.2, 0) is 0 Å². The fourth-order valence-electron chi connectivity index (χ4n) is 1.46. The molecule has 0 bridgehead atoms. The molecule has 0 aliphatic heterocycles. The van der Waals surface area contributed by atoms with Crippen molar-refractivity contribution in [3.8, 4) is 5.75 Å². The van der Waals surface area contributed by atoms with Gasteiger partial charge < -0.3 is 10.4 Å². The predicted molar refractivity (Wildman–Crippen MR) is 70.0 cm³/mol. The van der Waals surface area contributed by atoms with Gasteiger partial charge in [0, 0.05) is 17.4 Å². The van der Waals surface area contributed by atoms with Crippen molar-refractivity contribution in [3.63, 3.8) is 0 Å². The molecule has 4 nitrogen and oxygen atoms in total. The predicted octanol–water partition coefficient (Wildman–Crippen LogP) is 3.00. The van der Waals surface area contributed by atoms with Gasteiger partial charge in [-0.15, -0.1) is 0 Å². The van der Waals surface area contributed by atoms with Gasteiger partial charge in [-0.3, -0.25) is 4.79 Å². The van der Waals surface area contributed by atoms with Crippen LogP contribution in [0.3, 0.4) is 0 Å². The van der Waals surface area contributed by atoms with E-state index in [4.69, 9.17) is 11.6 Å². The molecule has 0 unspecified atom stereocenters. The van der Waals surface area contributed by atoms with E-state index in [1.807, 2.05) is 13.0 Å². The maximum Gasteiger partial charge on any atom is 0.274 e. The number of aromatic hydroxyl groups is 1. The number of phenolic OH excluding ortho intramolecular Hbond substituents is 1. The monoisotopic (exact) mass is 262 g/mol. The van der Waals surface area contributed by atoms with Crippen molar-refractivity contribution in [1.29, 1.82) is 0 Å². The molecule has 1 aromatic carbocycles. The largest absolute Gasteiger partial charge is 0.506 e. The van der Waals surface area contributed by atoms with Gasteiger partial charge in [-0.25, -0.2) is 4.98 Å². The number of halogens is 1. The van der Waals surface area contributed by atoms with Crippen molar-refractivity contribution >= 4 is 23.2 Å². The molecule has 1 amide bonds. The third kappa shape index (κ3) is 2.78. The summed E-state index contributed by atoms with van der Waals surface area (Å²) in [7, 11) is 0. The Morgan fingerprint density at radius 2 is 2.11 bits per heavy atom. The van der Waals surface area contributed by atoms with Gasteiger partial charge in [0.05, 0.1) is 5.02 Å². The van der Waals surface area contributed by atoms with Crippen molar-refractivity contribution in [1.82, 2.24) is 4.98 Å². The van der Waals surface area contributed by atoms with Crippen LogP contribution in [0.25, 0.3) is 0 Å². The maximum atomic E-state index is 11.9. The van der Waals surface area contributed by atoms with E-state index in [1.54, 1.807) is 18.2 Å². The number of hydrogen-bond acceptors (Lipinski definition) is 3. The Morgan fingerprint density at radius 1 is 1.33 bits per heavy atom. The number of rotatable bonds is 2. The first-order valence-corrected chi connectivity index (χ1v) is 5.67. The first-order valence-electron chi connectivity index (χ1n) is 5.30. The van der Waals surface area contributed by atoms with Crippen LogP contribution >= 0.6 is 11.6 Å². The molecule has 5 heteroatoms. The normalized spacial score (nSPS) is 10.1. The Balaban J connectivity index is 2.18. The standard InChI is InChI=1S/C13H11ClN2O2/c1-8-3-2-4-11(15-8)13(18)16-9-5-6-10(14)12(17)7-9/h2-7,17H,1H3,(H,16,18). The molecular weight excluding hydrogens is 252 g/mol. The fourth-order valence-corrected chi connectivity index (χ4v) is 1.57. The van der Waals surface area contributed by atoms with Crippen molar-refractivity contribution in [3.05, 3.63) is 52.8 Å². The Kier molecular flexibility index (Phi) is 3.48. The fraction of sp³-hybridized carbons (Fsp3) is 0.0769. The minimum atomic E-state index is -0.333. The number of nitrogens with one attached hydrogen (secondary N) is 1. The van der Waals surface area contributed by atoms with Crippen LogP contribution in [0.2, 0.25) is 5.02 Å². The van der Waals surface area contributed by atoms with E-state index in [0.717, 1.165) is 5.69 Å². The molecule has 0 saturated heterocycles. The van der Waals surface area contributed by atoms with E-state index in [9.17, 15) is 9.90 Å². The molecule has 0 aliphatic carbocycles. The van der Waals surface area contributed by atoms with Crippen LogP contribution in [0.1, 0.15) is 16.2 Å². The summed E-state index contributed by atoms with van der Waals surface area (Å²) in [6.45, 7) is 1.81. The second-order valence-electron chi connectivity index (χ2n) is 3.78. The van der Waals surface area contributed by atoms with Gasteiger partial charge in [0.2, 0.25) is 0 Å². The molecular formula is C13H11ClN2O2. The number of carbonyl (C=O) groups excluding carboxylic acids is 1. The van der Waals surface area contributed by atoms with Gasteiger partial charge in [0.1, 0.15) is 11.4 Å². The van der Waals surface area contributed by atoms with E-state index >= 15 is 0 Å². The highest BCUT2D eigenvalue weighted by Gasteiger charge is 2.08. The molecule has 1 heterocycles. The van der Waals surface area contributed by atoms with Crippen molar-refractivity contribution < 1.29 is 9.90 Å². The lowest BCUT2D eigenvalue weighted by Crippen LogP contribution is -2.13. The molecule has 1 aromatic heterocycles. The lowest BCUT2D eigenvalue weighted by molar-refractivity contribution is 0.102. The number of hydrogen-bond donors (Lipinski definition) is 2. The van der Waals surface area contributed by atoms with E-state index < -0.39 is 0 Å². The second-order valence-corrected chi connectivity index (χ2v) is 4.19. The highest BCUT2D eigenvalue weighted by atomic mass is 35.5. The summed E-state index contributed by atoms with van der Waals surface area (Å²) in [5, 5.41) is 12.3. The molecule has 92 valence electrons. The summed E-state index contributed by atoms with van der Waals surface area (Å²) in [5.41, 5.74) is 1.55. The van der Waals surface area contributed by atoms with Gasteiger partial charge >= 0.3 is 0 Å². The van der Waals surface area contributed by atoms with Gasteiger partial charge in [0.15, 0.2) is 0 Å². The smallest absolute Gasteiger partial charge is 0.274 e. The number of pyridine rings is 1. The van der Waals surface area contributed by atoms with Gasteiger partial charge in [0.25, 0.3) is 5.91 Å². The van der Waals surface area contributed by atoms with Crippen LogP contribution in [0.15, 0.2) is 36.4 Å². The molecule has 0 aliphatic rings. The second kappa shape index (κ2) is 5.06. The lowest BCUT2D eigenvalue weighted by atomic mass is 10.2. The van der Waals surface area contributed by atoms with E-state index in [0.29, 0.717) is 11.4 Å². The molecule has 0 spiro atoms. The molecule has 0 saturated carbocycles. The van der Waals surface area contributed by atoms with Crippen LogP contribution in [-0.4, -0.2) is 16.0 Å². The Hall–Kier alpha value is -2.07. The zero-order valence-electron chi connectivity index (χ0n) is 9.64. The third-order valence-electron chi connectivity index (χ3n) is 2.32. The zero-order valence-corrected chi connectivity index (χ0v) is 10.4. The zero-order chi connectivity index (χ0) is 13.1. The number of benzene rings is 1. The SMILES string of the molecule is Cc1cccc(C(=O)Nc2ccc(Cl)c(O)c2)n1. The summed E-state index contributed by atoms with van der Waals surface area (Å²) in [6.07, 6.45) is 0. The minimum absolute atomic E-state index is 0.0772. The van der Waals surface area contributed by atoms with Crippen LogP contribution < -0.4 is 5.32 Å². The topological polar surface area (TPSA) is 62.2 Å². The maximum absolute atomic E-state index is 11.9. The van der Waals surface area contributed by atoms with Gasteiger partial charge in [-0.1, -0.05) is 17.7 Å². The lowest BCUT2D eigenvalue weighted by Gasteiger charge is -2.06. The molecule has 0 radical (unpaired) electrons. The van der Waals surface area contributed by atoms with E-state index in [-0.39, 0.29) is 16.7 Å². The molecule has 2 rings (SSSR count). The highest BCUT2D eigenvalue weighted by molar-refractivity contribution is 6.32. The summed E-state index contributed by atoms with van der Waals surface area (Å²) in [4.78, 5) is 16.0. The number of anilines is 1. The van der Waals surface area contributed by atoms with Crippen molar-refractivity contribution in [2.45, 2.75) is 6.92 Å². The summed E-state index contributed by atoms with van der Waals surface area (Å²) in [5.74, 6) is -0.410. The first kappa shape index (κ1) is 12.4. The molecule has 2 N–H and O–H groups in total.